The van der Waals surface area contributed by atoms with Crippen LogP contribution >= 0.6 is 0 Å². The maximum absolute atomic E-state index is 12.9. The molecule has 2 aliphatic heterocycles. The summed E-state index contributed by atoms with van der Waals surface area (Å²) in [5.41, 5.74) is 0.769. The van der Waals surface area contributed by atoms with Crippen LogP contribution in [-0.4, -0.2) is 63.0 Å². The Morgan fingerprint density at radius 2 is 2.15 bits per heavy atom. The molecule has 2 fully saturated rings. The summed E-state index contributed by atoms with van der Waals surface area (Å²) in [5, 5.41) is 9.38. The van der Waals surface area contributed by atoms with Crippen LogP contribution in [0, 0.1) is 11.3 Å². The lowest BCUT2D eigenvalue weighted by atomic mass is 10.1. The van der Waals surface area contributed by atoms with Crippen LogP contribution in [0.1, 0.15) is 38.1 Å². The first-order valence-electron chi connectivity index (χ1n) is 9.35. The summed E-state index contributed by atoms with van der Waals surface area (Å²) in [7, 11) is 3.77. The molecule has 9 heteroatoms. The van der Waals surface area contributed by atoms with Crippen molar-refractivity contribution in [3.63, 3.8) is 0 Å². The van der Waals surface area contributed by atoms with Crippen molar-refractivity contribution >= 4 is 11.2 Å². The predicted octanol–water partition coefficient (Wildman–Crippen LogP) is 0.825. The lowest BCUT2D eigenvalue weighted by Gasteiger charge is -2.26. The van der Waals surface area contributed by atoms with Crippen LogP contribution in [0.5, 0.6) is 5.88 Å². The molecule has 0 N–H and O–H groups in total. The largest absolute Gasteiger partial charge is 0.471 e. The zero-order valence-electron chi connectivity index (χ0n) is 15.9. The molecule has 3 atom stereocenters. The smallest absolute Gasteiger partial charge is 0.330 e. The quantitative estimate of drug-likeness (QED) is 0.784. The van der Waals surface area contributed by atoms with Gasteiger partial charge in [0.1, 0.15) is 12.2 Å². The van der Waals surface area contributed by atoms with Crippen LogP contribution < -0.4 is 10.4 Å². The minimum atomic E-state index is -0.194. The molecule has 0 saturated carbocycles. The Morgan fingerprint density at radius 3 is 2.78 bits per heavy atom. The number of rotatable bonds is 4. The third-order valence-electron chi connectivity index (χ3n) is 5.68. The van der Waals surface area contributed by atoms with Crippen molar-refractivity contribution in [3.8, 4) is 11.9 Å². The van der Waals surface area contributed by atoms with E-state index in [-0.39, 0.29) is 29.7 Å². The second-order valence-electron chi connectivity index (χ2n) is 7.38. The van der Waals surface area contributed by atoms with Gasteiger partial charge < -0.3 is 9.47 Å². The second-order valence-corrected chi connectivity index (χ2v) is 7.38. The number of ether oxygens (including phenoxy) is 2. The van der Waals surface area contributed by atoms with E-state index in [2.05, 4.69) is 21.9 Å². The highest BCUT2D eigenvalue weighted by atomic mass is 16.5. The molecule has 27 heavy (non-hydrogen) atoms. The number of likely N-dealkylation sites (tertiary alicyclic amines) is 1. The van der Waals surface area contributed by atoms with Crippen molar-refractivity contribution in [2.45, 2.75) is 44.4 Å². The highest BCUT2D eigenvalue weighted by Gasteiger charge is 2.31. The van der Waals surface area contributed by atoms with E-state index in [1.54, 1.807) is 11.6 Å². The van der Waals surface area contributed by atoms with E-state index in [9.17, 15) is 10.1 Å². The Hall–Kier alpha value is -2.44. The van der Waals surface area contributed by atoms with E-state index in [4.69, 9.17) is 9.47 Å². The average molecular weight is 372 g/mol. The van der Waals surface area contributed by atoms with Crippen LogP contribution in [0.15, 0.2) is 4.79 Å². The molecule has 4 rings (SSSR count). The highest BCUT2D eigenvalue weighted by Crippen LogP contribution is 2.29. The third-order valence-corrected chi connectivity index (χ3v) is 5.68. The lowest BCUT2D eigenvalue weighted by Crippen LogP contribution is -2.38. The number of nitriles is 1. The number of aryl methyl sites for hydroxylation is 1. The van der Waals surface area contributed by atoms with Gasteiger partial charge in [-0.1, -0.05) is 0 Å². The van der Waals surface area contributed by atoms with Gasteiger partial charge in [-0.2, -0.15) is 15.2 Å². The van der Waals surface area contributed by atoms with Gasteiger partial charge in [0.25, 0.3) is 0 Å². The summed E-state index contributed by atoms with van der Waals surface area (Å²) in [5.74, 6) is 0.296. The van der Waals surface area contributed by atoms with Crippen molar-refractivity contribution < 1.29 is 9.47 Å². The minimum absolute atomic E-state index is 0.00254. The zero-order valence-corrected chi connectivity index (χ0v) is 15.9. The average Bonchev–Trinajstić information content (AvgIpc) is 3.36. The number of hydrogen-bond donors (Lipinski definition) is 0. The molecule has 9 nitrogen and oxygen atoms in total. The maximum Gasteiger partial charge on any atom is 0.330 e. The van der Waals surface area contributed by atoms with E-state index in [0.717, 1.165) is 25.8 Å². The summed E-state index contributed by atoms with van der Waals surface area (Å²) in [4.78, 5) is 23.8. The molecule has 1 unspecified atom stereocenters. The van der Waals surface area contributed by atoms with Gasteiger partial charge in [-0.25, -0.2) is 4.79 Å². The zero-order chi connectivity index (χ0) is 19.1. The number of nitrogens with zero attached hydrogens (tertiary/aromatic N) is 6. The minimum Gasteiger partial charge on any atom is -0.471 e. The van der Waals surface area contributed by atoms with Gasteiger partial charge in [-0.05, 0) is 39.8 Å². The van der Waals surface area contributed by atoms with Crippen LogP contribution in [-0.2, 0) is 11.8 Å². The fourth-order valence-corrected chi connectivity index (χ4v) is 4.20. The highest BCUT2D eigenvalue weighted by molar-refractivity contribution is 5.77. The first kappa shape index (κ1) is 17.9. The number of hydrogen-bond acceptors (Lipinski definition) is 7. The molecular formula is C18H24N6O3. The molecule has 2 aromatic heterocycles. The van der Waals surface area contributed by atoms with Crippen molar-refractivity contribution in [1.29, 1.82) is 5.26 Å². The summed E-state index contributed by atoms with van der Waals surface area (Å²) >= 11 is 0. The number of aromatic nitrogens is 4. The Kier molecular flexibility index (Phi) is 4.61. The van der Waals surface area contributed by atoms with Gasteiger partial charge in [-0.3, -0.25) is 14.0 Å². The first-order chi connectivity index (χ1) is 13.0. The van der Waals surface area contributed by atoms with E-state index < -0.39 is 0 Å². The van der Waals surface area contributed by atoms with Gasteiger partial charge in [0.2, 0.25) is 11.7 Å². The molecule has 0 bridgehead atoms. The summed E-state index contributed by atoms with van der Waals surface area (Å²) in [6, 6.07) is 2.18. The van der Waals surface area contributed by atoms with Crippen LogP contribution in [0.4, 0.5) is 0 Å². The molecule has 0 spiro atoms. The molecule has 0 aliphatic carbocycles. The number of imidazole rings is 1. The van der Waals surface area contributed by atoms with Crippen molar-refractivity contribution in [2.75, 3.05) is 26.8 Å². The van der Waals surface area contributed by atoms with Crippen LogP contribution in [0.25, 0.3) is 11.2 Å². The second kappa shape index (κ2) is 6.94. The SMILES string of the molecule is C[C@H](Oc1nc(C#N)nc2c1n(C)c(=O)n2[C@@H]1CCOC1)C1CCCN1C. The summed E-state index contributed by atoms with van der Waals surface area (Å²) < 4.78 is 14.8. The van der Waals surface area contributed by atoms with Crippen molar-refractivity contribution in [3.05, 3.63) is 16.3 Å². The first-order valence-corrected chi connectivity index (χ1v) is 9.35. The summed E-state index contributed by atoms with van der Waals surface area (Å²) in [6.07, 6.45) is 2.81. The molecule has 0 aromatic carbocycles. The van der Waals surface area contributed by atoms with Gasteiger partial charge in [0.15, 0.2) is 11.2 Å². The molecule has 0 radical (unpaired) electrons. The molecule has 2 aromatic rings. The Balaban J connectivity index is 1.81. The van der Waals surface area contributed by atoms with E-state index in [1.165, 1.54) is 4.57 Å². The lowest BCUT2D eigenvalue weighted by molar-refractivity contribution is 0.118. The molecule has 4 heterocycles. The van der Waals surface area contributed by atoms with Crippen LogP contribution in [0.3, 0.4) is 0 Å². The normalized spacial score (nSPS) is 24.4. The van der Waals surface area contributed by atoms with E-state index in [1.807, 2.05) is 13.0 Å². The Morgan fingerprint density at radius 1 is 1.33 bits per heavy atom. The monoisotopic (exact) mass is 372 g/mol. The Labute approximate surface area is 157 Å². The van der Waals surface area contributed by atoms with E-state index >= 15 is 0 Å². The standard InChI is InChI=1S/C18H24N6O3/c1-11(13-5-4-7-22(13)2)27-17-15-16(20-14(9-19)21-17)24(18(25)23(15)3)12-6-8-26-10-12/h11-13H,4-8,10H2,1-3H3/t11-,12+,13?/m0/s1. The maximum atomic E-state index is 12.9. The van der Waals surface area contributed by atoms with E-state index in [0.29, 0.717) is 30.3 Å². The predicted molar refractivity (Wildman–Crippen MR) is 97.7 cm³/mol. The van der Waals surface area contributed by atoms with Crippen LogP contribution in [0.2, 0.25) is 0 Å². The van der Waals surface area contributed by atoms with Crippen molar-refractivity contribution in [2.24, 2.45) is 7.05 Å². The third kappa shape index (κ3) is 2.99. The van der Waals surface area contributed by atoms with Gasteiger partial charge in [-0.15, -0.1) is 0 Å². The molecular weight excluding hydrogens is 348 g/mol. The molecule has 2 saturated heterocycles. The van der Waals surface area contributed by atoms with Gasteiger partial charge in [0.05, 0.1) is 12.6 Å². The Bertz CT molecular complexity index is 953. The van der Waals surface area contributed by atoms with Gasteiger partial charge >= 0.3 is 5.69 Å². The molecule has 0 amide bonds. The topological polar surface area (TPSA) is 98.2 Å². The van der Waals surface area contributed by atoms with Gasteiger partial charge in [0, 0.05) is 19.7 Å². The van der Waals surface area contributed by atoms with Crippen molar-refractivity contribution in [1.82, 2.24) is 24.0 Å². The number of likely N-dealkylation sites (N-methyl/N-ethyl adjacent to an activating group) is 1. The number of fused-ring (bicyclic) bond motifs is 1. The molecule has 2 aliphatic rings. The fourth-order valence-electron chi connectivity index (χ4n) is 4.20. The molecule has 144 valence electrons. The summed E-state index contributed by atoms with van der Waals surface area (Å²) in [6.45, 7) is 4.12. The fraction of sp³-hybridized carbons (Fsp3) is 0.667.